The van der Waals surface area contributed by atoms with Crippen LogP contribution in [0.5, 0.6) is 0 Å². The number of fused-ring (bicyclic) bond motifs is 1. The Bertz CT molecular complexity index is 517. The average molecular weight is 213 g/mol. The lowest BCUT2D eigenvalue weighted by molar-refractivity contribution is 0.616. The molecule has 0 amide bonds. The molecule has 2 aromatic rings. The maximum atomic E-state index is 3.96. The Labute approximate surface area is 97.4 Å². The molecule has 0 aliphatic carbocycles. The van der Waals surface area contributed by atoms with E-state index in [0.717, 1.165) is 6.42 Å². The normalized spacial score (nSPS) is 11.2. The van der Waals surface area contributed by atoms with Crippen LogP contribution >= 0.6 is 0 Å². The molecular formula is C15H19N. The van der Waals surface area contributed by atoms with E-state index in [-0.39, 0.29) is 0 Å². The maximum absolute atomic E-state index is 3.96. The molecule has 0 unspecified atom stereocenters. The van der Waals surface area contributed by atoms with Crippen LogP contribution in [0, 0.1) is 0 Å². The molecular weight excluding hydrogens is 194 g/mol. The maximum Gasteiger partial charge on any atom is 0.0490 e. The van der Waals surface area contributed by atoms with Crippen LogP contribution in [0.4, 0.5) is 0 Å². The highest BCUT2D eigenvalue weighted by Gasteiger charge is 2.14. The summed E-state index contributed by atoms with van der Waals surface area (Å²) in [6, 6.07) is 9.09. The summed E-state index contributed by atoms with van der Waals surface area (Å²) in [5, 5.41) is 1.37. The third-order valence-electron chi connectivity index (χ3n) is 3.12. The van der Waals surface area contributed by atoms with E-state index in [1.807, 2.05) is 6.08 Å². The molecule has 0 bridgehead atoms. The summed E-state index contributed by atoms with van der Waals surface area (Å²) < 4.78 is 2.38. The number of aromatic nitrogens is 1. The monoisotopic (exact) mass is 213 g/mol. The van der Waals surface area contributed by atoms with Crippen LogP contribution in [0.2, 0.25) is 0 Å². The van der Waals surface area contributed by atoms with Crippen LogP contribution in [-0.2, 0) is 6.42 Å². The van der Waals surface area contributed by atoms with Crippen LogP contribution in [-0.4, -0.2) is 4.57 Å². The van der Waals surface area contributed by atoms with Gasteiger partial charge in [-0.3, -0.25) is 0 Å². The smallest absolute Gasteiger partial charge is 0.0490 e. The van der Waals surface area contributed by atoms with Gasteiger partial charge in [0.25, 0.3) is 0 Å². The van der Waals surface area contributed by atoms with Gasteiger partial charge in [-0.05, 0) is 38.0 Å². The van der Waals surface area contributed by atoms with Crippen molar-refractivity contribution >= 4 is 17.0 Å². The number of para-hydroxylation sites is 1. The lowest BCUT2D eigenvalue weighted by Crippen LogP contribution is -2.02. The summed E-state index contributed by atoms with van der Waals surface area (Å²) in [6.07, 6.45) is 3.04. The molecule has 1 nitrogen and oxygen atoms in total. The van der Waals surface area contributed by atoms with Gasteiger partial charge in [-0.25, -0.2) is 0 Å². The largest absolute Gasteiger partial charge is 0.338 e. The molecule has 1 heterocycles. The minimum absolute atomic E-state index is 0.471. The summed E-state index contributed by atoms with van der Waals surface area (Å²) in [6.45, 7) is 10.6. The van der Waals surface area contributed by atoms with Crippen LogP contribution < -0.4 is 0 Å². The first kappa shape index (κ1) is 11.0. The second-order valence-corrected chi connectivity index (χ2v) is 4.40. The van der Waals surface area contributed by atoms with Gasteiger partial charge in [-0.1, -0.05) is 31.7 Å². The molecule has 2 rings (SSSR count). The predicted molar refractivity (Wildman–Crippen MR) is 71.8 cm³/mol. The fourth-order valence-corrected chi connectivity index (χ4v) is 2.50. The number of aryl methyl sites for hydroxylation is 1. The summed E-state index contributed by atoms with van der Waals surface area (Å²) >= 11 is 0. The highest BCUT2D eigenvalue weighted by Crippen LogP contribution is 2.30. The summed E-state index contributed by atoms with van der Waals surface area (Å²) in [4.78, 5) is 0. The molecule has 0 aliphatic rings. The summed E-state index contributed by atoms with van der Waals surface area (Å²) in [5.74, 6) is 0. The van der Waals surface area contributed by atoms with Gasteiger partial charge in [0.1, 0.15) is 0 Å². The minimum Gasteiger partial charge on any atom is -0.338 e. The number of hydrogen-bond donors (Lipinski definition) is 0. The van der Waals surface area contributed by atoms with Crippen molar-refractivity contribution in [3.05, 3.63) is 42.1 Å². The third kappa shape index (κ3) is 1.47. The molecule has 84 valence electrons. The Morgan fingerprint density at radius 1 is 1.31 bits per heavy atom. The average Bonchev–Trinajstić information content (AvgIpc) is 2.62. The summed E-state index contributed by atoms with van der Waals surface area (Å²) in [7, 11) is 0. The minimum atomic E-state index is 0.471. The first-order valence-electron chi connectivity index (χ1n) is 5.95. The van der Waals surface area contributed by atoms with Crippen molar-refractivity contribution in [3.63, 3.8) is 0 Å². The van der Waals surface area contributed by atoms with Crippen LogP contribution in [0.25, 0.3) is 17.0 Å². The van der Waals surface area contributed by atoms with Gasteiger partial charge < -0.3 is 4.57 Å². The van der Waals surface area contributed by atoms with E-state index < -0.39 is 0 Å². The highest BCUT2D eigenvalue weighted by atomic mass is 15.0. The van der Waals surface area contributed by atoms with Gasteiger partial charge in [0, 0.05) is 22.6 Å². The van der Waals surface area contributed by atoms with Gasteiger partial charge in [-0.15, -0.1) is 0 Å². The van der Waals surface area contributed by atoms with E-state index in [1.165, 1.54) is 22.2 Å². The van der Waals surface area contributed by atoms with Crippen molar-refractivity contribution in [2.75, 3.05) is 0 Å². The zero-order valence-corrected chi connectivity index (χ0v) is 10.3. The molecule has 1 aromatic carbocycles. The fraction of sp³-hybridized carbons (Fsp3) is 0.333. The molecule has 16 heavy (non-hydrogen) atoms. The molecule has 0 atom stereocenters. The van der Waals surface area contributed by atoms with Crippen molar-refractivity contribution < 1.29 is 0 Å². The van der Waals surface area contributed by atoms with Crippen LogP contribution in [0.1, 0.15) is 38.1 Å². The highest BCUT2D eigenvalue weighted by molar-refractivity contribution is 5.88. The summed E-state index contributed by atoms with van der Waals surface area (Å²) in [5.41, 5.74) is 4.02. The van der Waals surface area contributed by atoms with Gasteiger partial charge in [0.05, 0.1) is 0 Å². The third-order valence-corrected chi connectivity index (χ3v) is 3.12. The van der Waals surface area contributed by atoms with E-state index in [4.69, 9.17) is 0 Å². The van der Waals surface area contributed by atoms with E-state index in [2.05, 4.69) is 56.2 Å². The number of benzene rings is 1. The Balaban J connectivity index is 2.90. The molecule has 0 radical (unpaired) electrons. The molecule has 0 fully saturated rings. The van der Waals surface area contributed by atoms with E-state index in [1.54, 1.807) is 0 Å². The second-order valence-electron chi connectivity index (χ2n) is 4.40. The number of hydrogen-bond acceptors (Lipinski definition) is 0. The topological polar surface area (TPSA) is 4.93 Å². The molecule has 1 aromatic heterocycles. The van der Waals surface area contributed by atoms with Crippen molar-refractivity contribution in [1.82, 2.24) is 4.57 Å². The standard InChI is InChI=1S/C15H19N/c1-5-12-13-9-7-8-10-15(13)16(11(3)4)14(12)6-2/h6-11H,2,5H2,1,3-4H3. The Morgan fingerprint density at radius 2 is 2.00 bits per heavy atom. The number of rotatable bonds is 3. The first-order valence-corrected chi connectivity index (χ1v) is 5.95. The van der Waals surface area contributed by atoms with Crippen molar-refractivity contribution in [1.29, 1.82) is 0 Å². The van der Waals surface area contributed by atoms with Gasteiger partial charge in [0.2, 0.25) is 0 Å². The quantitative estimate of drug-likeness (QED) is 0.711. The molecule has 0 saturated carbocycles. The Hall–Kier alpha value is -1.50. The van der Waals surface area contributed by atoms with E-state index >= 15 is 0 Å². The lowest BCUT2D eigenvalue weighted by Gasteiger charge is -2.12. The molecule has 0 aliphatic heterocycles. The zero-order chi connectivity index (χ0) is 11.7. The van der Waals surface area contributed by atoms with Crippen molar-refractivity contribution in [2.45, 2.75) is 33.2 Å². The molecule has 1 heteroatoms. The van der Waals surface area contributed by atoms with Crippen molar-refractivity contribution in [2.24, 2.45) is 0 Å². The Morgan fingerprint density at radius 3 is 2.56 bits per heavy atom. The zero-order valence-electron chi connectivity index (χ0n) is 10.3. The molecule has 0 saturated heterocycles. The van der Waals surface area contributed by atoms with Gasteiger partial charge >= 0.3 is 0 Å². The first-order chi connectivity index (χ1) is 7.70. The van der Waals surface area contributed by atoms with Crippen LogP contribution in [0.15, 0.2) is 30.8 Å². The van der Waals surface area contributed by atoms with Crippen LogP contribution in [0.3, 0.4) is 0 Å². The molecule has 0 N–H and O–H groups in total. The SMILES string of the molecule is C=Cc1c(CC)c2ccccc2n1C(C)C. The lowest BCUT2D eigenvalue weighted by atomic mass is 10.1. The molecule has 0 spiro atoms. The van der Waals surface area contributed by atoms with E-state index in [9.17, 15) is 0 Å². The van der Waals surface area contributed by atoms with Gasteiger partial charge in [0.15, 0.2) is 0 Å². The fourth-order valence-electron chi connectivity index (χ4n) is 2.50. The van der Waals surface area contributed by atoms with Crippen molar-refractivity contribution in [3.8, 4) is 0 Å². The predicted octanol–water partition coefficient (Wildman–Crippen LogP) is 4.43. The second kappa shape index (κ2) is 4.17. The van der Waals surface area contributed by atoms with E-state index in [0.29, 0.717) is 6.04 Å². The number of nitrogens with zero attached hydrogens (tertiary/aromatic N) is 1. The Kier molecular flexibility index (Phi) is 2.86. The van der Waals surface area contributed by atoms with Gasteiger partial charge in [-0.2, -0.15) is 0 Å².